The van der Waals surface area contributed by atoms with Crippen LogP contribution in [0.25, 0.3) is 10.2 Å². The number of fused-ring (bicyclic) bond motifs is 1. The Morgan fingerprint density at radius 1 is 1.10 bits per heavy atom. The van der Waals surface area contributed by atoms with Gasteiger partial charge in [-0.15, -0.1) is 11.3 Å². The second-order valence-electron chi connectivity index (χ2n) is 7.48. The van der Waals surface area contributed by atoms with Crippen LogP contribution in [0.1, 0.15) is 43.5 Å². The van der Waals surface area contributed by atoms with Crippen molar-refractivity contribution in [3.05, 3.63) is 53.5 Å². The fourth-order valence-electron chi connectivity index (χ4n) is 3.90. The minimum absolute atomic E-state index is 0.00946. The number of nitrogens with zero attached hydrogens (tertiary/aromatic N) is 2. The van der Waals surface area contributed by atoms with Crippen molar-refractivity contribution in [3.63, 3.8) is 0 Å². The van der Waals surface area contributed by atoms with Crippen LogP contribution < -0.4 is 5.32 Å². The average molecular weight is 430 g/mol. The van der Waals surface area contributed by atoms with E-state index >= 15 is 0 Å². The molecule has 3 aromatic rings. The number of carbonyl (C=O) groups is 1. The monoisotopic (exact) mass is 429 g/mol. The molecule has 1 N–H and O–H groups in total. The van der Waals surface area contributed by atoms with Gasteiger partial charge in [-0.25, -0.2) is 13.4 Å². The maximum Gasteiger partial charge on any atom is 0.255 e. The molecule has 29 heavy (non-hydrogen) atoms. The summed E-state index contributed by atoms with van der Waals surface area (Å²) in [5.41, 5.74) is 3.70. The van der Waals surface area contributed by atoms with Crippen molar-refractivity contribution in [3.8, 4) is 0 Å². The summed E-state index contributed by atoms with van der Waals surface area (Å²) >= 11 is 1.48. The fourth-order valence-corrected chi connectivity index (χ4v) is 6.50. The normalized spacial score (nSPS) is 20.6. The summed E-state index contributed by atoms with van der Waals surface area (Å²) < 4.78 is 28.8. The number of aromatic nitrogens is 1. The van der Waals surface area contributed by atoms with Gasteiger partial charge in [0.25, 0.3) is 5.91 Å². The summed E-state index contributed by atoms with van der Waals surface area (Å²) in [5.74, 6) is -0.241. The molecule has 152 valence electrons. The van der Waals surface area contributed by atoms with Crippen molar-refractivity contribution in [1.29, 1.82) is 0 Å². The van der Waals surface area contributed by atoms with Crippen LogP contribution in [0.2, 0.25) is 0 Å². The number of hydrogen-bond acceptors (Lipinski definition) is 5. The molecule has 1 aliphatic heterocycles. The van der Waals surface area contributed by atoms with E-state index in [0.29, 0.717) is 11.3 Å². The van der Waals surface area contributed by atoms with Gasteiger partial charge in [0, 0.05) is 23.3 Å². The molecule has 2 heterocycles. The molecule has 4 rings (SSSR count). The number of nitrogens with one attached hydrogen (secondary N) is 1. The van der Waals surface area contributed by atoms with Crippen molar-refractivity contribution < 1.29 is 13.2 Å². The quantitative estimate of drug-likeness (QED) is 0.662. The first-order valence-electron chi connectivity index (χ1n) is 9.64. The number of thiazole rings is 1. The largest absolute Gasteiger partial charge is 0.322 e. The highest BCUT2D eigenvalue weighted by Crippen LogP contribution is 2.30. The summed E-state index contributed by atoms with van der Waals surface area (Å²) in [7, 11) is -3.56. The van der Waals surface area contributed by atoms with Gasteiger partial charge in [-0.05, 0) is 69.2 Å². The molecule has 0 saturated carbocycles. The molecule has 8 heteroatoms. The van der Waals surface area contributed by atoms with Gasteiger partial charge in [0.2, 0.25) is 10.0 Å². The van der Waals surface area contributed by atoms with E-state index in [1.54, 1.807) is 46.2 Å². The number of amides is 1. The van der Waals surface area contributed by atoms with Gasteiger partial charge in [-0.3, -0.25) is 4.79 Å². The average Bonchev–Trinajstić information content (AvgIpc) is 3.16. The second-order valence-corrected chi connectivity index (χ2v) is 10.2. The molecule has 0 radical (unpaired) electrons. The molecule has 1 amide bonds. The number of sulfonamides is 1. The molecule has 2 aromatic carbocycles. The highest BCUT2D eigenvalue weighted by Gasteiger charge is 2.35. The third-order valence-corrected chi connectivity index (χ3v) is 8.33. The van der Waals surface area contributed by atoms with Crippen LogP contribution in [0.5, 0.6) is 0 Å². The molecule has 0 aliphatic carbocycles. The van der Waals surface area contributed by atoms with Crippen LogP contribution in [0.15, 0.2) is 52.9 Å². The van der Waals surface area contributed by atoms with Crippen molar-refractivity contribution in [2.75, 3.05) is 5.32 Å². The molecule has 1 aromatic heterocycles. The minimum atomic E-state index is -3.56. The maximum absolute atomic E-state index is 13.1. The van der Waals surface area contributed by atoms with Crippen molar-refractivity contribution >= 4 is 43.2 Å². The zero-order valence-corrected chi connectivity index (χ0v) is 18.0. The van der Waals surface area contributed by atoms with Crippen LogP contribution >= 0.6 is 11.3 Å². The molecular weight excluding hydrogens is 406 g/mol. The van der Waals surface area contributed by atoms with Gasteiger partial charge in [0.15, 0.2) is 0 Å². The maximum atomic E-state index is 13.1. The highest BCUT2D eigenvalue weighted by molar-refractivity contribution is 7.89. The lowest BCUT2D eigenvalue weighted by molar-refractivity contribution is 0.102. The molecule has 0 unspecified atom stereocenters. The van der Waals surface area contributed by atoms with Crippen LogP contribution in [0, 0.1) is 0 Å². The zero-order chi connectivity index (χ0) is 20.6. The van der Waals surface area contributed by atoms with Gasteiger partial charge >= 0.3 is 0 Å². The Labute approximate surface area is 174 Å². The van der Waals surface area contributed by atoms with E-state index in [2.05, 4.69) is 10.3 Å². The first kappa shape index (κ1) is 20.0. The topological polar surface area (TPSA) is 79.4 Å². The molecule has 1 fully saturated rings. The molecule has 0 spiro atoms. The second kappa shape index (κ2) is 7.85. The number of hydrogen-bond donors (Lipinski definition) is 1. The number of anilines is 1. The standard InChI is InChI=1S/C21H23N3O3S2/c1-14-4-3-5-15(2)24(14)29(26,27)18-9-7-17(8-10-18)23-21(25)16-6-11-19-20(12-16)28-13-22-19/h6-15H,3-5H2,1-2H3,(H,23,25)/t14-,15-/m1/s1. The lowest BCUT2D eigenvalue weighted by atomic mass is 10.0. The lowest BCUT2D eigenvalue weighted by Crippen LogP contribution is -2.47. The smallest absolute Gasteiger partial charge is 0.255 e. The summed E-state index contributed by atoms with van der Waals surface area (Å²) in [5, 5.41) is 2.83. The van der Waals surface area contributed by atoms with Crippen LogP contribution in [-0.2, 0) is 10.0 Å². The Balaban J connectivity index is 1.52. The Morgan fingerprint density at radius 3 is 2.48 bits per heavy atom. The zero-order valence-electron chi connectivity index (χ0n) is 16.3. The van der Waals surface area contributed by atoms with Gasteiger partial charge < -0.3 is 5.32 Å². The van der Waals surface area contributed by atoms with Gasteiger partial charge in [0.1, 0.15) is 0 Å². The Hall–Kier alpha value is -2.29. The third kappa shape index (κ3) is 3.92. The number of piperidine rings is 1. The van der Waals surface area contributed by atoms with Crippen molar-refractivity contribution in [1.82, 2.24) is 9.29 Å². The van der Waals surface area contributed by atoms with Crippen molar-refractivity contribution in [2.24, 2.45) is 0 Å². The Bertz CT molecular complexity index is 1130. The van der Waals surface area contributed by atoms with E-state index in [-0.39, 0.29) is 22.9 Å². The summed E-state index contributed by atoms with van der Waals surface area (Å²) in [6.45, 7) is 3.92. The first-order valence-corrected chi connectivity index (χ1v) is 12.0. The molecule has 6 nitrogen and oxygen atoms in total. The Kier molecular flexibility index (Phi) is 5.42. The van der Waals surface area contributed by atoms with E-state index in [1.807, 2.05) is 19.9 Å². The molecule has 0 bridgehead atoms. The lowest BCUT2D eigenvalue weighted by Gasteiger charge is -2.37. The third-order valence-electron chi connectivity index (χ3n) is 5.39. The van der Waals surface area contributed by atoms with Gasteiger partial charge in [-0.2, -0.15) is 4.31 Å². The van der Waals surface area contributed by atoms with E-state index in [1.165, 1.54) is 11.3 Å². The Morgan fingerprint density at radius 2 is 1.79 bits per heavy atom. The highest BCUT2D eigenvalue weighted by atomic mass is 32.2. The molecule has 2 atom stereocenters. The van der Waals surface area contributed by atoms with Gasteiger partial charge in [-0.1, -0.05) is 6.42 Å². The van der Waals surface area contributed by atoms with Gasteiger partial charge in [0.05, 0.1) is 20.6 Å². The van der Waals surface area contributed by atoms with E-state index in [9.17, 15) is 13.2 Å². The van der Waals surface area contributed by atoms with E-state index in [0.717, 1.165) is 29.5 Å². The minimum Gasteiger partial charge on any atom is -0.322 e. The summed E-state index contributed by atoms with van der Waals surface area (Å²) in [4.78, 5) is 17.0. The van der Waals surface area contributed by atoms with E-state index < -0.39 is 10.0 Å². The molecular formula is C21H23N3O3S2. The van der Waals surface area contributed by atoms with E-state index in [4.69, 9.17) is 0 Å². The number of rotatable bonds is 4. The summed E-state index contributed by atoms with van der Waals surface area (Å²) in [6.07, 6.45) is 2.80. The van der Waals surface area contributed by atoms with Crippen LogP contribution in [-0.4, -0.2) is 35.7 Å². The first-order chi connectivity index (χ1) is 13.9. The molecule has 1 saturated heterocycles. The predicted molar refractivity (Wildman–Crippen MR) is 116 cm³/mol. The SMILES string of the molecule is C[C@@H]1CCC[C@@H](C)N1S(=O)(=O)c1ccc(NC(=O)c2ccc3ncsc3c2)cc1. The van der Waals surface area contributed by atoms with Crippen LogP contribution in [0.4, 0.5) is 5.69 Å². The summed E-state index contributed by atoms with van der Waals surface area (Å²) in [6, 6.07) is 11.7. The predicted octanol–water partition coefficient (Wildman–Crippen LogP) is 4.50. The van der Waals surface area contributed by atoms with Crippen molar-refractivity contribution in [2.45, 2.75) is 50.1 Å². The number of benzene rings is 2. The fraction of sp³-hybridized carbons (Fsp3) is 0.333. The van der Waals surface area contributed by atoms with Crippen LogP contribution in [0.3, 0.4) is 0 Å². The number of carbonyl (C=O) groups excluding carboxylic acids is 1. The molecule has 1 aliphatic rings.